The number of ether oxygens (including phenoxy) is 1. The molecule has 1 aromatic carbocycles. The molecule has 0 aromatic heterocycles. The van der Waals surface area contributed by atoms with Crippen LogP contribution in [0.1, 0.15) is 30.4 Å². The van der Waals surface area contributed by atoms with Crippen LogP contribution < -0.4 is 0 Å². The Morgan fingerprint density at radius 1 is 1.41 bits per heavy atom. The van der Waals surface area contributed by atoms with Crippen LogP contribution in [-0.4, -0.2) is 41.7 Å². The van der Waals surface area contributed by atoms with Crippen molar-refractivity contribution < 1.29 is 9.13 Å². The van der Waals surface area contributed by atoms with E-state index in [0.717, 1.165) is 43.9 Å². The highest BCUT2D eigenvalue weighted by molar-refractivity contribution is 7.99. The number of hydrogen-bond donors (Lipinski definition) is 0. The maximum Gasteiger partial charge on any atom is 0.140 e. The Morgan fingerprint density at radius 2 is 2.32 bits per heavy atom. The molecule has 0 saturated carbocycles. The topological polar surface area (TPSA) is 36.3 Å². The van der Waals surface area contributed by atoms with E-state index >= 15 is 0 Å². The molecule has 2 aliphatic heterocycles. The van der Waals surface area contributed by atoms with E-state index < -0.39 is 5.82 Å². The summed E-state index contributed by atoms with van der Waals surface area (Å²) in [6.45, 7) is 2.57. The fraction of sp³-hybridized carbons (Fsp3) is 0.588. The molecule has 1 aromatic rings. The van der Waals surface area contributed by atoms with Crippen LogP contribution in [0.3, 0.4) is 0 Å². The monoisotopic (exact) mass is 320 g/mol. The van der Waals surface area contributed by atoms with E-state index in [9.17, 15) is 4.39 Å². The van der Waals surface area contributed by atoms with Gasteiger partial charge in [0, 0.05) is 31.5 Å². The van der Waals surface area contributed by atoms with Gasteiger partial charge in [0.15, 0.2) is 0 Å². The Morgan fingerprint density at radius 3 is 3.00 bits per heavy atom. The average Bonchev–Trinajstić information content (AvgIpc) is 3.21. The van der Waals surface area contributed by atoms with Crippen LogP contribution in [-0.2, 0) is 11.3 Å². The molecule has 5 heteroatoms. The molecule has 2 aliphatic rings. The minimum absolute atomic E-state index is 0.135. The van der Waals surface area contributed by atoms with Gasteiger partial charge in [-0.2, -0.15) is 17.0 Å². The maximum absolute atomic E-state index is 13.5. The molecule has 2 saturated heterocycles. The summed E-state index contributed by atoms with van der Waals surface area (Å²) in [7, 11) is 0. The van der Waals surface area contributed by atoms with E-state index in [1.807, 2.05) is 17.8 Å². The van der Waals surface area contributed by atoms with Crippen molar-refractivity contribution in [1.82, 2.24) is 4.90 Å². The second-order valence-corrected chi connectivity index (χ2v) is 7.16. The highest BCUT2D eigenvalue weighted by atomic mass is 32.2. The fourth-order valence-electron chi connectivity index (χ4n) is 3.19. The Kier molecular flexibility index (Phi) is 5.35. The highest BCUT2D eigenvalue weighted by Crippen LogP contribution is 2.26. The summed E-state index contributed by atoms with van der Waals surface area (Å²) in [6.07, 6.45) is 3.79. The van der Waals surface area contributed by atoms with E-state index in [0.29, 0.717) is 12.1 Å². The predicted octanol–water partition coefficient (Wildman–Crippen LogP) is 3.18. The molecular formula is C17H21FN2OS. The van der Waals surface area contributed by atoms with Gasteiger partial charge in [0.2, 0.25) is 0 Å². The summed E-state index contributed by atoms with van der Waals surface area (Å²) in [5, 5.41) is 8.99. The van der Waals surface area contributed by atoms with Crippen molar-refractivity contribution in [2.24, 2.45) is 0 Å². The molecule has 2 heterocycles. The van der Waals surface area contributed by atoms with Gasteiger partial charge in [-0.15, -0.1) is 0 Å². The smallest absolute Gasteiger partial charge is 0.140 e. The zero-order valence-corrected chi connectivity index (χ0v) is 13.4. The summed E-state index contributed by atoms with van der Waals surface area (Å²) in [6, 6.07) is 7.37. The second-order valence-electron chi connectivity index (χ2n) is 6.01. The molecule has 0 amide bonds. The first kappa shape index (κ1) is 15.8. The molecule has 2 atom stereocenters. The Balaban J connectivity index is 1.72. The lowest BCUT2D eigenvalue weighted by Gasteiger charge is -2.30. The van der Waals surface area contributed by atoms with Gasteiger partial charge in [-0.1, -0.05) is 6.07 Å². The zero-order valence-electron chi connectivity index (χ0n) is 12.6. The molecule has 0 aliphatic carbocycles. The Labute approximate surface area is 135 Å². The molecule has 0 N–H and O–H groups in total. The molecule has 3 rings (SSSR count). The Hall–Kier alpha value is -1.09. The summed E-state index contributed by atoms with van der Waals surface area (Å²) in [4.78, 5) is 2.46. The van der Waals surface area contributed by atoms with Crippen LogP contribution in [0, 0.1) is 17.1 Å². The Bertz CT molecular complexity index is 548. The van der Waals surface area contributed by atoms with Crippen molar-refractivity contribution in [3.8, 4) is 6.07 Å². The minimum Gasteiger partial charge on any atom is -0.377 e. The third kappa shape index (κ3) is 3.81. The van der Waals surface area contributed by atoms with E-state index in [2.05, 4.69) is 4.90 Å². The standard InChI is InChI=1S/C17H21FN2OS/c18-17-4-3-13(8-14(17)9-19)10-20(15-5-7-22-12-15)11-16-2-1-6-21-16/h3-4,8,15-16H,1-2,5-7,10-12H2. The minimum atomic E-state index is -0.437. The third-order valence-electron chi connectivity index (χ3n) is 4.42. The normalized spacial score (nSPS) is 24.8. The number of nitrogens with zero attached hydrogens (tertiary/aromatic N) is 2. The van der Waals surface area contributed by atoms with E-state index in [1.165, 1.54) is 18.2 Å². The summed E-state index contributed by atoms with van der Waals surface area (Å²) in [5.74, 6) is 1.92. The molecule has 3 nitrogen and oxygen atoms in total. The van der Waals surface area contributed by atoms with Crippen molar-refractivity contribution in [2.75, 3.05) is 24.7 Å². The van der Waals surface area contributed by atoms with Crippen molar-refractivity contribution in [2.45, 2.75) is 38.0 Å². The number of halogens is 1. The van der Waals surface area contributed by atoms with Crippen LogP contribution in [0.2, 0.25) is 0 Å². The lowest BCUT2D eigenvalue weighted by atomic mass is 10.1. The lowest BCUT2D eigenvalue weighted by molar-refractivity contribution is 0.0575. The van der Waals surface area contributed by atoms with Crippen molar-refractivity contribution in [3.05, 3.63) is 35.1 Å². The molecule has 22 heavy (non-hydrogen) atoms. The lowest BCUT2D eigenvalue weighted by Crippen LogP contribution is -2.40. The van der Waals surface area contributed by atoms with Gasteiger partial charge in [-0.05, 0) is 42.7 Å². The van der Waals surface area contributed by atoms with Crippen molar-refractivity contribution in [3.63, 3.8) is 0 Å². The zero-order chi connectivity index (χ0) is 15.4. The van der Waals surface area contributed by atoms with Gasteiger partial charge in [-0.25, -0.2) is 4.39 Å². The molecule has 0 bridgehead atoms. The summed E-state index contributed by atoms with van der Waals surface area (Å²) < 4.78 is 19.3. The van der Waals surface area contributed by atoms with Crippen molar-refractivity contribution >= 4 is 11.8 Å². The molecule has 0 spiro atoms. The maximum atomic E-state index is 13.5. The van der Waals surface area contributed by atoms with E-state index in [-0.39, 0.29) is 5.56 Å². The SMILES string of the molecule is N#Cc1cc(CN(CC2CCCO2)C2CCSC2)ccc1F. The molecular weight excluding hydrogens is 299 g/mol. The van der Waals surface area contributed by atoms with Gasteiger partial charge >= 0.3 is 0 Å². The molecule has 0 radical (unpaired) electrons. The van der Waals surface area contributed by atoms with Crippen LogP contribution >= 0.6 is 11.8 Å². The number of nitriles is 1. The first-order chi connectivity index (χ1) is 10.8. The molecule has 2 unspecified atom stereocenters. The second kappa shape index (κ2) is 7.45. The number of benzene rings is 1. The number of thioether (sulfide) groups is 1. The third-order valence-corrected chi connectivity index (χ3v) is 5.57. The highest BCUT2D eigenvalue weighted by Gasteiger charge is 2.27. The van der Waals surface area contributed by atoms with E-state index in [1.54, 1.807) is 12.1 Å². The van der Waals surface area contributed by atoms with Crippen LogP contribution in [0.4, 0.5) is 4.39 Å². The molecule has 2 fully saturated rings. The quantitative estimate of drug-likeness (QED) is 0.835. The van der Waals surface area contributed by atoms with E-state index in [4.69, 9.17) is 10.00 Å². The fourth-order valence-corrected chi connectivity index (χ4v) is 4.45. The van der Waals surface area contributed by atoms with Crippen LogP contribution in [0.5, 0.6) is 0 Å². The van der Waals surface area contributed by atoms with Gasteiger partial charge in [-0.3, -0.25) is 4.90 Å². The summed E-state index contributed by atoms with van der Waals surface area (Å²) in [5.41, 5.74) is 1.14. The summed E-state index contributed by atoms with van der Waals surface area (Å²) >= 11 is 1.99. The first-order valence-corrected chi connectivity index (χ1v) is 9.03. The van der Waals surface area contributed by atoms with Crippen LogP contribution in [0.15, 0.2) is 18.2 Å². The van der Waals surface area contributed by atoms with Crippen LogP contribution in [0.25, 0.3) is 0 Å². The van der Waals surface area contributed by atoms with Gasteiger partial charge in [0.25, 0.3) is 0 Å². The van der Waals surface area contributed by atoms with Gasteiger partial charge in [0.1, 0.15) is 11.9 Å². The molecule has 118 valence electrons. The van der Waals surface area contributed by atoms with Crippen molar-refractivity contribution in [1.29, 1.82) is 5.26 Å². The number of hydrogen-bond acceptors (Lipinski definition) is 4. The average molecular weight is 320 g/mol. The number of rotatable bonds is 5. The first-order valence-electron chi connectivity index (χ1n) is 7.88. The largest absolute Gasteiger partial charge is 0.377 e. The van der Waals surface area contributed by atoms with Gasteiger partial charge < -0.3 is 4.74 Å². The van der Waals surface area contributed by atoms with Gasteiger partial charge in [0.05, 0.1) is 11.7 Å². The predicted molar refractivity (Wildman–Crippen MR) is 86.2 cm³/mol.